The summed E-state index contributed by atoms with van der Waals surface area (Å²) in [5, 5.41) is 7.02. The number of rotatable bonds is 5. The van der Waals surface area contributed by atoms with E-state index in [9.17, 15) is 4.79 Å². The number of carbonyl (C=O) groups is 1. The lowest BCUT2D eigenvalue weighted by Crippen LogP contribution is -2.05. The second-order valence-corrected chi connectivity index (χ2v) is 7.39. The number of benzene rings is 2. The first-order valence-corrected chi connectivity index (χ1v) is 9.44. The number of anilines is 5. The molecule has 0 aliphatic rings. The second kappa shape index (κ2) is 7.24. The van der Waals surface area contributed by atoms with Gasteiger partial charge in [0.2, 0.25) is 0 Å². The van der Waals surface area contributed by atoms with Gasteiger partial charge in [0.1, 0.15) is 12.0 Å². The number of nitrogens with zero attached hydrogens (tertiary/aromatic N) is 3. The van der Waals surface area contributed by atoms with E-state index in [1.807, 2.05) is 25.1 Å². The Kier molecular flexibility index (Phi) is 4.62. The molecule has 4 N–H and O–H groups in total. The van der Waals surface area contributed by atoms with Crippen LogP contribution >= 0.6 is 11.3 Å². The Morgan fingerprint density at radius 3 is 2.64 bits per heavy atom. The third-order valence-electron chi connectivity index (χ3n) is 4.19. The normalized spacial score (nSPS) is 10.8. The number of carbonyl (C=O) groups excluding carboxylic acids is 1. The zero-order valence-electron chi connectivity index (χ0n) is 15.4. The number of hydrogen-bond acceptors (Lipinski definition) is 8. The highest BCUT2D eigenvalue weighted by molar-refractivity contribution is 7.22. The molecule has 7 nitrogen and oxygen atoms in total. The van der Waals surface area contributed by atoms with E-state index in [1.54, 1.807) is 18.2 Å². The Labute approximate surface area is 165 Å². The highest BCUT2D eigenvalue weighted by Crippen LogP contribution is 2.32. The van der Waals surface area contributed by atoms with Gasteiger partial charge >= 0.3 is 0 Å². The van der Waals surface area contributed by atoms with Crippen LogP contribution in [0.3, 0.4) is 0 Å². The molecule has 0 unspecified atom stereocenters. The van der Waals surface area contributed by atoms with E-state index in [0.29, 0.717) is 28.0 Å². The standard InChI is InChI=1S/C20H18N6OS/c1-11-6-7-15-16(8-11)28-20(25-15)26-19-17(21)18(22-10-23-19)24-14-5-3-4-13(9-14)12(2)27/h3-10H,21H2,1-2H3,(H2,22,23,24,25,26). The summed E-state index contributed by atoms with van der Waals surface area (Å²) in [6.45, 7) is 3.58. The molecule has 0 saturated heterocycles. The number of thiazole rings is 1. The van der Waals surface area contributed by atoms with Crippen molar-refractivity contribution in [3.8, 4) is 0 Å². The van der Waals surface area contributed by atoms with Gasteiger partial charge in [-0.25, -0.2) is 15.0 Å². The zero-order chi connectivity index (χ0) is 19.7. The molecule has 0 atom stereocenters. The van der Waals surface area contributed by atoms with Crippen molar-refractivity contribution in [3.05, 3.63) is 59.9 Å². The van der Waals surface area contributed by atoms with E-state index in [0.717, 1.165) is 15.9 Å². The lowest BCUT2D eigenvalue weighted by molar-refractivity contribution is 0.101. The lowest BCUT2D eigenvalue weighted by atomic mass is 10.1. The van der Waals surface area contributed by atoms with Crippen LogP contribution in [0.1, 0.15) is 22.8 Å². The highest BCUT2D eigenvalue weighted by Gasteiger charge is 2.12. The number of Topliss-reactive ketones (excluding diaryl/α,β-unsaturated/α-hetero) is 1. The van der Waals surface area contributed by atoms with E-state index in [-0.39, 0.29) is 5.78 Å². The van der Waals surface area contributed by atoms with Gasteiger partial charge in [-0.05, 0) is 43.7 Å². The minimum atomic E-state index is -0.00672. The molecule has 0 amide bonds. The summed E-state index contributed by atoms with van der Waals surface area (Å²) in [6.07, 6.45) is 1.42. The fourth-order valence-electron chi connectivity index (χ4n) is 2.73. The van der Waals surface area contributed by atoms with Crippen molar-refractivity contribution in [3.63, 3.8) is 0 Å². The molecular formula is C20H18N6OS. The minimum absolute atomic E-state index is 0.00672. The number of ketones is 1. The minimum Gasteiger partial charge on any atom is -0.393 e. The molecule has 2 aromatic heterocycles. The molecule has 0 aliphatic heterocycles. The van der Waals surface area contributed by atoms with E-state index in [2.05, 4.69) is 31.7 Å². The predicted octanol–water partition coefficient (Wildman–Crippen LogP) is 4.67. The van der Waals surface area contributed by atoms with Crippen molar-refractivity contribution in [2.24, 2.45) is 0 Å². The zero-order valence-corrected chi connectivity index (χ0v) is 16.2. The summed E-state index contributed by atoms with van der Waals surface area (Å²) in [7, 11) is 0. The molecule has 0 aliphatic carbocycles. The average Bonchev–Trinajstić information content (AvgIpc) is 3.06. The molecule has 0 bridgehead atoms. The van der Waals surface area contributed by atoms with E-state index < -0.39 is 0 Å². The first-order valence-electron chi connectivity index (χ1n) is 8.62. The Bertz CT molecular complexity index is 1190. The quantitative estimate of drug-likeness (QED) is 0.425. The summed E-state index contributed by atoms with van der Waals surface area (Å²) in [6, 6.07) is 13.3. The smallest absolute Gasteiger partial charge is 0.189 e. The Balaban J connectivity index is 1.61. The summed E-state index contributed by atoms with van der Waals surface area (Å²) >= 11 is 1.53. The highest BCUT2D eigenvalue weighted by atomic mass is 32.1. The molecule has 4 rings (SSSR count). The average molecular weight is 390 g/mol. The maximum absolute atomic E-state index is 11.6. The van der Waals surface area contributed by atoms with Crippen LogP contribution in [0, 0.1) is 6.92 Å². The van der Waals surface area contributed by atoms with Crippen molar-refractivity contribution in [2.75, 3.05) is 16.4 Å². The van der Waals surface area contributed by atoms with Crippen molar-refractivity contribution in [1.82, 2.24) is 15.0 Å². The number of aryl methyl sites for hydroxylation is 1. The first-order chi connectivity index (χ1) is 13.5. The predicted molar refractivity (Wildman–Crippen MR) is 114 cm³/mol. The maximum atomic E-state index is 11.6. The lowest BCUT2D eigenvalue weighted by Gasteiger charge is -2.11. The van der Waals surface area contributed by atoms with Crippen LogP contribution < -0.4 is 16.4 Å². The summed E-state index contributed by atoms with van der Waals surface area (Å²) in [4.78, 5) is 24.6. The Morgan fingerprint density at radius 1 is 1.07 bits per heavy atom. The fourth-order valence-corrected chi connectivity index (χ4v) is 3.70. The number of nitrogen functional groups attached to an aromatic ring is 1. The van der Waals surface area contributed by atoms with Crippen LogP contribution in [0.25, 0.3) is 10.2 Å². The van der Waals surface area contributed by atoms with Crippen molar-refractivity contribution >= 4 is 55.5 Å². The molecule has 8 heteroatoms. The molecule has 0 radical (unpaired) electrons. The van der Waals surface area contributed by atoms with Gasteiger partial charge in [-0.1, -0.05) is 29.5 Å². The fraction of sp³-hybridized carbons (Fsp3) is 0.100. The van der Waals surface area contributed by atoms with Crippen LogP contribution in [0.4, 0.5) is 28.1 Å². The van der Waals surface area contributed by atoms with Crippen molar-refractivity contribution < 1.29 is 4.79 Å². The van der Waals surface area contributed by atoms with Gasteiger partial charge in [0.25, 0.3) is 0 Å². The maximum Gasteiger partial charge on any atom is 0.189 e. The second-order valence-electron chi connectivity index (χ2n) is 6.36. The van der Waals surface area contributed by atoms with Crippen LogP contribution in [0.2, 0.25) is 0 Å². The number of nitrogens with two attached hydrogens (primary N) is 1. The van der Waals surface area contributed by atoms with Gasteiger partial charge in [0, 0.05) is 11.3 Å². The monoisotopic (exact) mass is 390 g/mol. The molecule has 28 heavy (non-hydrogen) atoms. The third-order valence-corrected chi connectivity index (χ3v) is 5.12. The van der Waals surface area contributed by atoms with Gasteiger partial charge in [-0.2, -0.15) is 0 Å². The van der Waals surface area contributed by atoms with Gasteiger partial charge < -0.3 is 16.4 Å². The number of fused-ring (bicyclic) bond motifs is 1. The molecule has 2 heterocycles. The van der Waals surface area contributed by atoms with Gasteiger partial charge in [0.15, 0.2) is 22.6 Å². The number of aromatic nitrogens is 3. The van der Waals surface area contributed by atoms with Crippen molar-refractivity contribution in [1.29, 1.82) is 0 Å². The van der Waals surface area contributed by atoms with E-state index >= 15 is 0 Å². The van der Waals surface area contributed by atoms with Crippen molar-refractivity contribution in [2.45, 2.75) is 13.8 Å². The number of nitrogens with one attached hydrogen (secondary N) is 2. The summed E-state index contributed by atoms with van der Waals surface area (Å²) in [5.74, 6) is 0.916. The largest absolute Gasteiger partial charge is 0.393 e. The third kappa shape index (κ3) is 3.63. The molecule has 4 aromatic rings. The molecule has 140 valence electrons. The van der Waals surface area contributed by atoms with Crippen LogP contribution in [-0.2, 0) is 0 Å². The topological polar surface area (TPSA) is 106 Å². The Hall–Kier alpha value is -3.52. The van der Waals surface area contributed by atoms with E-state index in [4.69, 9.17) is 5.73 Å². The summed E-state index contributed by atoms with van der Waals surface area (Å²) in [5.41, 5.74) is 10.1. The Morgan fingerprint density at radius 2 is 1.86 bits per heavy atom. The van der Waals surface area contributed by atoms with E-state index in [1.165, 1.54) is 30.2 Å². The summed E-state index contributed by atoms with van der Waals surface area (Å²) < 4.78 is 1.09. The molecule has 0 spiro atoms. The van der Waals surface area contributed by atoms with Crippen LogP contribution in [-0.4, -0.2) is 20.7 Å². The van der Waals surface area contributed by atoms with Gasteiger partial charge in [-0.15, -0.1) is 0 Å². The van der Waals surface area contributed by atoms with Gasteiger partial charge in [-0.3, -0.25) is 4.79 Å². The molecule has 0 saturated carbocycles. The molecule has 2 aromatic carbocycles. The van der Waals surface area contributed by atoms with Gasteiger partial charge in [0.05, 0.1) is 10.2 Å². The van der Waals surface area contributed by atoms with Crippen LogP contribution in [0.15, 0.2) is 48.8 Å². The first kappa shape index (κ1) is 17.9. The molecular weight excluding hydrogens is 372 g/mol. The SMILES string of the molecule is CC(=O)c1cccc(Nc2ncnc(Nc3nc4ccc(C)cc4s3)c2N)c1. The molecule has 0 fully saturated rings. The number of hydrogen-bond donors (Lipinski definition) is 3. The van der Waals surface area contributed by atoms with Crippen LogP contribution in [0.5, 0.6) is 0 Å².